The molecule has 0 bridgehead atoms. The first-order valence-corrected chi connectivity index (χ1v) is 32.0. The number of thiazole rings is 1. The zero-order valence-electron chi connectivity index (χ0n) is 50.1. The smallest absolute Gasteiger partial charge is 0.251 e. The maximum atomic E-state index is 14.8. The highest BCUT2D eigenvalue weighted by Gasteiger charge is 2.43. The topological polar surface area (TPSA) is 204 Å². The third kappa shape index (κ3) is 19.6. The van der Waals surface area contributed by atoms with E-state index < -0.39 is 36.1 Å². The second kappa shape index (κ2) is 35.2. The summed E-state index contributed by atoms with van der Waals surface area (Å²) < 4.78 is 29.5. The first-order valence-electron chi connectivity index (χ1n) is 28.9. The van der Waals surface area contributed by atoms with Gasteiger partial charge in [0.15, 0.2) is 5.78 Å². The maximum Gasteiger partial charge on any atom is 0.251 e. The molecule has 21 heteroatoms. The van der Waals surface area contributed by atoms with Crippen LogP contribution in [0.4, 0.5) is 0 Å². The number of hydrogen-bond acceptors (Lipinski definition) is 15. The number of ether oxygens (including phenoxy) is 5. The number of carbonyl (C=O) groups is 5. The molecular weight excluding hydrogens is 1200 g/mol. The summed E-state index contributed by atoms with van der Waals surface area (Å²) in [5, 5.41) is 10.0. The molecule has 2 aromatic heterocycles. The fourth-order valence-electron chi connectivity index (χ4n) is 11.1. The number of hydrogen-bond donors (Lipinski definition) is 2. The number of likely N-dealkylation sites (tertiary alicyclic amines) is 1. The number of carbonyl (C=O) groups excluding carboxylic acids is 5. The van der Waals surface area contributed by atoms with Gasteiger partial charge in [0.2, 0.25) is 17.7 Å². The molecule has 18 nitrogen and oxygen atoms in total. The van der Waals surface area contributed by atoms with E-state index in [4.69, 9.17) is 23.7 Å². The minimum Gasteiger partial charge on any atom is -0.379 e. The van der Waals surface area contributed by atoms with Gasteiger partial charge in [0.05, 0.1) is 111 Å². The Bertz CT molecular complexity index is 2600. The van der Waals surface area contributed by atoms with Gasteiger partial charge in [-0.1, -0.05) is 117 Å². The minimum atomic E-state index is -0.639. The number of methoxy groups -OCH3 is 2. The highest BCUT2D eigenvalue weighted by atomic mass is 79.9. The van der Waals surface area contributed by atoms with Crippen molar-refractivity contribution in [3.8, 4) is 0 Å². The molecule has 2 aromatic carbocycles. The van der Waals surface area contributed by atoms with Gasteiger partial charge in [-0.05, 0) is 67.8 Å². The maximum absolute atomic E-state index is 14.8. The molecule has 2 N–H and O–H groups in total. The Kier molecular flexibility index (Phi) is 29.4. The van der Waals surface area contributed by atoms with Crippen LogP contribution < -0.4 is 10.6 Å². The van der Waals surface area contributed by atoms with Crippen LogP contribution in [0.5, 0.6) is 0 Å². The van der Waals surface area contributed by atoms with Crippen molar-refractivity contribution in [1.29, 1.82) is 0 Å². The van der Waals surface area contributed by atoms with Gasteiger partial charge in [-0.25, -0.2) is 15.0 Å². The number of nitrogens with one attached hydrogen (secondary N) is 2. The highest BCUT2D eigenvalue weighted by molar-refractivity contribution is 9.09. The van der Waals surface area contributed by atoms with Crippen LogP contribution in [0.15, 0.2) is 60.1 Å². The number of rotatable bonds is 37. The first-order chi connectivity index (χ1) is 39.4. The predicted octanol–water partition coefficient (Wildman–Crippen LogP) is 8.86. The molecule has 5 rings (SSSR count). The monoisotopic (exact) mass is 1280 g/mol. The Morgan fingerprint density at radius 3 is 2.07 bits per heavy atom. The van der Waals surface area contributed by atoms with Crippen molar-refractivity contribution in [3.63, 3.8) is 0 Å². The average molecular weight is 1290 g/mol. The van der Waals surface area contributed by atoms with Crippen LogP contribution in [-0.2, 0) is 59.9 Å². The van der Waals surface area contributed by atoms with Crippen LogP contribution in [0, 0.1) is 29.6 Å². The van der Waals surface area contributed by atoms with E-state index in [9.17, 15) is 24.0 Å². The second-order valence-electron chi connectivity index (χ2n) is 22.1. The Morgan fingerprint density at radius 2 is 1.48 bits per heavy atom. The summed E-state index contributed by atoms with van der Waals surface area (Å²) in [4.78, 5) is 90.0. The summed E-state index contributed by atoms with van der Waals surface area (Å²) >= 11 is 8.41. The van der Waals surface area contributed by atoms with E-state index in [1.54, 1.807) is 50.6 Å². The van der Waals surface area contributed by atoms with Gasteiger partial charge in [0.25, 0.3) is 5.91 Å². The number of benzene rings is 2. The highest BCUT2D eigenvalue weighted by Crippen LogP contribution is 2.32. The van der Waals surface area contributed by atoms with E-state index in [0.717, 1.165) is 40.3 Å². The number of ketones is 1. The van der Waals surface area contributed by atoms with E-state index in [0.29, 0.717) is 93.9 Å². The SMILES string of the molecule is CC[C@H](C)[C@@H]([C@@H](CC(=O)N1CCC[C@H]1[C@H](OC)[C@@H](C)C(=O)N[C@@H](Cc1ccccc1)c1nccs1)OC)N(C)C(=O)[C@@H](CC(=O)[C@H](C(C)C)N(C)CCOCCOCCOCCNC(=O)c1ccc2nc(CBr)c(CBr)nc2c1)C(C)C. The number of nitrogens with zero attached hydrogens (tertiary/aromatic N) is 6. The van der Waals surface area contributed by atoms with E-state index in [-0.39, 0.29) is 72.1 Å². The summed E-state index contributed by atoms with van der Waals surface area (Å²) in [5.74, 6) is -2.07. The van der Waals surface area contributed by atoms with Crippen LogP contribution in [0.2, 0.25) is 0 Å². The number of likely N-dealkylation sites (N-methyl/N-ethyl adjacent to an activating group) is 2. The quantitative estimate of drug-likeness (QED) is 0.0320. The number of Topliss-reactive ketones (excluding diaryl/α,β-unsaturated/α-hetero) is 1. The number of fused-ring (bicyclic) bond motifs is 1. The lowest BCUT2D eigenvalue weighted by atomic mass is 9.83. The van der Waals surface area contributed by atoms with Crippen molar-refractivity contribution < 1.29 is 47.7 Å². The van der Waals surface area contributed by atoms with Crippen LogP contribution in [0.1, 0.15) is 119 Å². The summed E-state index contributed by atoms with van der Waals surface area (Å²) in [6, 6.07) is 13.7. The Hall–Kier alpha value is -4.32. The van der Waals surface area contributed by atoms with E-state index in [1.807, 2.05) is 87.2 Å². The predicted molar refractivity (Wildman–Crippen MR) is 328 cm³/mol. The van der Waals surface area contributed by atoms with Gasteiger partial charge in [-0.3, -0.25) is 28.9 Å². The molecule has 82 heavy (non-hydrogen) atoms. The van der Waals surface area contributed by atoms with Gasteiger partial charge in [0.1, 0.15) is 5.01 Å². The summed E-state index contributed by atoms with van der Waals surface area (Å²) in [6.07, 6.45) is 3.38. The Balaban J connectivity index is 1.07. The molecule has 9 atom stereocenters. The van der Waals surface area contributed by atoms with Crippen LogP contribution >= 0.6 is 43.2 Å². The van der Waals surface area contributed by atoms with E-state index in [1.165, 1.54) is 11.3 Å². The molecule has 1 aliphatic heterocycles. The largest absolute Gasteiger partial charge is 0.379 e. The fourth-order valence-corrected chi connectivity index (χ4v) is 12.7. The van der Waals surface area contributed by atoms with Crippen LogP contribution in [-0.4, -0.2) is 177 Å². The van der Waals surface area contributed by atoms with Crippen molar-refractivity contribution >= 4 is 83.6 Å². The van der Waals surface area contributed by atoms with Crippen molar-refractivity contribution in [2.24, 2.45) is 29.6 Å². The van der Waals surface area contributed by atoms with E-state index in [2.05, 4.69) is 71.3 Å². The lowest BCUT2D eigenvalue weighted by Gasteiger charge is -2.41. The molecule has 1 aliphatic rings. The molecule has 0 spiro atoms. The minimum absolute atomic E-state index is 0.0124. The van der Waals surface area contributed by atoms with E-state index >= 15 is 0 Å². The lowest BCUT2D eigenvalue weighted by molar-refractivity contribution is -0.149. The fraction of sp³-hybridized carbons (Fsp3) is 0.639. The van der Waals surface area contributed by atoms with Crippen molar-refractivity contribution in [2.75, 3.05) is 87.6 Å². The van der Waals surface area contributed by atoms with Crippen LogP contribution in [0.3, 0.4) is 0 Å². The molecular formula is C61H90Br2N8O10S. The Labute approximate surface area is 507 Å². The molecule has 0 radical (unpaired) electrons. The van der Waals surface area contributed by atoms with Crippen molar-refractivity contribution in [1.82, 2.24) is 40.3 Å². The molecule has 1 fully saturated rings. The number of alkyl halides is 2. The standard InChI is InChI=1S/C61H90Br2N8O10S/c1-12-41(6)56(53(77-10)36-54(73)71-24-16-19-51(71)57(78-11)42(7)58(74)68-48(60-65-23-32-82-60)33-43-17-14-13-15-18-43)70(9)61(76)45(39(2)3)35-52(72)55(40(4)5)69(8)25-27-80-29-31-81-30-28-79-26-22-64-59(75)44-20-21-46-47(34-44)67-50(38-63)49(37-62)66-46/h13-15,17-18,20-21,23,32,34,39-42,45,48,51,53,55-57H,12,16,19,22,24-31,33,35-38H2,1-11H3,(H,64,75)(H,68,74)/t41-,42+,45-,48-,51-,53+,55-,56-,57+/m0/s1. The molecule has 0 saturated carbocycles. The third-order valence-electron chi connectivity index (χ3n) is 15.8. The van der Waals surface area contributed by atoms with Gasteiger partial charge in [-0.2, -0.15) is 0 Å². The third-order valence-corrected chi connectivity index (χ3v) is 17.7. The molecule has 0 unspecified atom stereocenters. The van der Waals surface area contributed by atoms with Crippen molar-refractivity contribution in [2.45, 2.75) is 134 Å². The zero-order valence-corrected chi connectivity index (χ0v) is 54.1. The van der Waals surface area contributed by atoms with Gasteiger partial charge >= 0.3 is 0 Å². The lowest BCUT2D eigenvalue weighted by Crippen LogP contribution is -2.54. The van der Waals surface area contributed by atoms with Crippen molar-refractivity contribution in [3.05, 3.63) is 87.6 Å². The molecule has 3 heterocycles. The molecule has 0 aliphatic carbocycles. The number of halogens is 2. The average Bonchev–Trinajstić information content (AvgIpc) is 4.27. The second-order valence-corrected chi connectivity index (χ2v) is 24.1. The molecule has 4 aromatic rings. The molecule has 1 saturated heterocycles. The Morgan fingerprint density at radius 1 is 0.817 bits per heavy atom. The summed E-state index contributed by atoms with van der Waals surface area (Å²) in [7, 11) is 6.88. The summed E-state index contributed by atoms with van der Waals surface area (Å²) in [5.41, 5.74) is 4.65. The number of aromatic nitrogens is 3. The normalized spacial score (nSPS) is 16.7. The van der Waals surface area contributed by atoms with Gasteiger partial charge in [0, 0.05) is 81.0 Å². The van der Waals surface area contributed by atoms with Gasteiger partial charge in [-0.15, -0.1) is 11.3 Å². The first kappa shape index (κ1) is 68.5. The molecule has 4 amide bonds. The number of amides is 4. The summed E-state index contributed by atoms with van der Waals surface area (Å²) in [6.45, 7) is 17.5. The van der Waals surface area contributed by atoms with Gasteiger partial charge < -0.3 is 44.1 Å². The van der Waals surface area contributed by atoms with Crippen LogP contribution in [0.25, 0.3) is 11.0 Å². The molecule has 454 valence electrons. The zero-order chi connectivity index (χ0) is 59.9.